The number of esters is 1. The van der Waals surface area contributed by atoms with Crippen molar-refractivity contribution >= 4 is 34.9 Å². The molecule has 18 heavy (non-hydrogen) atoms. The highest BCUT2D eigenvalue weighted by Crippen LogP contribution is 2.11. The van der Waals surface area contributed by atoms with E-state index in [4.69, 9.17) is 11.6 Å². The Morgan fingerprint density at radius 2 is 2.28 bits per heavy atom. The number of amides is 1. The molecule has 0 radical (unpaired) electrons. The summed E-state index contributed by atoms with van der Waals surface area (Å²) >= 11 is 5.70. The highest BCUT2D eigenvalue weighted by atomic mass is 35.5. The summed E-state index contributed by atoms with van der Waals surface area (Å²) in [6.07, 6.45) is 1.44. The minimum absolute atomic E-state index is 0.134. The van der Waals surface area contributed by atoms with Crippen LogP contribution in [0.15, 0.2) is 18.3 Å². The van der Waals surface area contributed by atoms with Gasteiger partial charge in [0.25, 0.3) is 0 Å². The molecule has 0 bridgehead atoms. The first-order valence-electron chi connectivity index (χ1n) is 5.10. The summed E-state index contributed by atoms with van der Waals surface area (Å²) in [6.45, 7) is 1.75. The zero-order valence-electron chi connectivity index (χ0n) is 9.38. The summed E-state index contributed by atoms with van der Waals surface area (Å²) in [6, 6.07) is 3.20. The zero-order valence-corrected chi connectivity index (χ0v) is 10.1. The van der Waals surface area contributed by atoms with Crippen LogP contribution in [0.5, 0.6) is 0 Å². The third kappa shape index (κ3) is 2.57. The van der Waals surface area contributed by atoms with Crippen LogP contribution in [0.1, 0.15) is 6.92 Å². The van der Waals surface area contributed by atoms with Gasteiger partial charge in [0.15, 0.2) is 11.5 Å². The molecular formula is C10H9ClN4O3. The molecular weight excluding hydrogens is 260 g/mol. The lowest BCUT2D eigenvalue weighted by atomic mass is 10.5. The van der Waals surface area contributed by atoms with Crippen molar-refractivity contribution in [2.45, 2.75) is 6.92 Å². The van der Waals surface area contributed by atoms with E-state index in [1.807, 2.05) is 0 Å². The van der Waals surface area contributed by atoms with Gasteiger partial charge in [-0.3, -0.25) is 10.1 Å². The molecule has 0 fully saturated rings. The molecule has 1 amide bonds. The third-order valence-corrected chi connectivity index (χ3v) is 2.19. The molecule has 2 aromatic rings. The van der Waals surface area contributed by atoms with Gasteiger partial charge in [0.2, 0.25) is 0 Å². The Labute approximate surface area is 107 Å². The lowest BCUT2D eigenvalue weighted by molar-refractivity contribution is -0.152. The van der Waals surface area contributed by atoms with E-state index in [1.165, 1.54) is 10.7 Å². The number of carbonyl (C=O) groups is 2. The predicted molar refractivity (Wildman–Crippen MR) is 63.3 cm³/mol. The van der Waals surface area contributed by atoms with Gasteiger partial charge in [-0.2, -0.15) is 5.10 Å². The highest BCUT2D eigenvalue weighted by Gasteiger charge is 2.16. The van der Waals surface area contributed by atoms with Crippen molar-refractivity contribution in [1.29, 1.82) is 0 Å². The minimum atomic E-state index is -0.958. The maximum Gasteiger partial charge on any atom is 0.397 e. The van der Waals surface area contributed by atoms with Gasteiger partial charge in [0, 0.05) is 0 Å². The monoisotopic (exact) mass is 268 g/mol. The van der Waals surface area contributed by atoms with Crippen molar-refractivity contribution in [3.8, 4) is 0 Å². The van der Waals surface area contributed by atoms with Crippen LogP contribution < -0.4 is 5.32 Å². The molecule has 0 aliphatic carbocycles. The van der Waals surface area contributed by atoms with E-state index in [1.54, 1.807) is 19.1 Å². The number of carbonyl (C=O) groups excluding carboxylic acids is 2. The first-order chi connectivity index (χ1) is 8.60. The van der Waals surface area contributed by atoms with E-state index in [9.17, 15) is 9.59 Å². The molecule has 0 aliphatic heterocycles. The van der Waals surface area contributed by atoms with Crippen molar-refractivity contribution in [1.82, 2.24) is 14.6 Å². The second-order valence-corrected chi connectivity index (χ2v) is 3.65. The molecule has 0 saturated carbocycles. The van der Waals surface area contributed by atoms with Crippen molar-refractivity contribution in [2.75, 3.05) is 11.9 Å². The number of aromatic nitrogens is 3. The third-order valence-electron chi connectivity index (χ3n) is 1.99. The quantitative estimate of drug-likeness (QED) is 0.646. The molecule has 2 aromatic heterocycles. The zero-order chi connectivity index (χ0) is 13.1. The van der Waals surface area contributed by atoms with Crippen molar-refractivity contribution < 1.29 is 14.3 Å². The molecule has 0 atom stereocenters. The molecule has 94 valence electrons. The number of hydrogen-bond acceptors (Lipinski definition) is 5. The molecule has 7 nitrogen and oxygen atoms in total. The largest absolute Gasteiger partial charge is 0.459 e. The summed E-state index contributed by atoms with van der Waals surface area (Å²) in [7, 11) is 0. The van der Waals surface area contributed by atoms with E-state index >= 15 is 0 Å². The Kier molecular flexibility index (Phi) is 3.42. The average molecular weight is 269 g/mol. The summed E-state index contributed by atoms with van der Waals surface area (Å²) in [5.41, 5.74) is 0.499. The molecule has 0 spiro atoms. The van der Waals surface area contributed by atoms with E-state index in [2.05, 4.69) is 20.1 Å². The molecule has 8 heteroatoms. The Hall–Kier alpha value is -2.15. The maximum atomic E-state index is 11.4. The van der Waals surface area contributed by atoms with Crippen LogP contribution >= 0.6 is 11.6 Å². The van der Waals surface area contributed by atoms with Gasteiger partial charge in [0.1, 0.15) is 5.15 Å². The Morgan fingerprint density at radius 1 is 1.50 bits per heavy atom. The minimum Gasteiger partial charge on any atom is -0.459 e. The molecule has 0 unspecified atom stereocenters. The molecule has 1 N–H and O–H groups in total. The van der Waals surface area contributed by atoms with Crippen molar-refractivity contribution in [3.05, 3.63) is 23.5 Å². The maximum absolute atomic E-state index is 11.4. The number of ether oxygens (including phenoxy) is 1. The van der Waals surface area contributed by atoms with Crippen LogP contribution in [-0.2, 0) is 14.3 Å². The number of anilines is 1. The van der Waals surface area contributed by atoms with Gasteiger partial charge >= 0.3 is 11.9 Å². The van der Waals surface area contributed by atoms with Crippen LogP contribution in [0.25, 0.3) is 5.65 Å². The normalized spacial score (nSPS) is 10.3. The molecule has 2 heterocycles. The Bertz CT molecular complexity index is 610. The number of halogens is 1. The van der Waals surface area contributed by atoms with Crippen LogP contribution in [0.3, 0.4) is 0 Å². The van der Waals surface area contributed by atoms with Crippen molar-refractivity contribution in [3.63, 3.8) is 0 Å². The lowest BCUT2D eigenvalue weighted by Crippen LogP contribution is -2.25. The summed E-state index contributed by atoms with van der Waals surface area (Å²) in [5.74, 6) is -1.64. The van der Waals surface area contributed by atoms with Crippen LogP contribution in [0.2, 0.25) is 5.15 Å². The highest BCUT2D eigenvalue weighted by molar-refractivity contribution is 6.37. The summed E-state index contributed by atoms with van der Waals surface area (Å²) in [5, 5.41) is 6.54. The number of fused-ring (bicyclic) bond motifs is 1. The number of nitrogens with one attached hydrogen (secondary N) is 1. The number of hydrogen-bond donors (Lipinski definition) is 1. The molecule has 0 aromatic carbocycles. The lowest BCUT2D eigenvalue weighted by Gasteiger charge is -2.00. The van der Waals surface area contributed by atoms with Crippen LogP contribution in [-0.4, -0.2) is 33.1 Å². The SMILES string of the molecule is CCOC(=O)C(=O)Nc1cn2nc(Cl)ccc2n1. The smallest absolute Gasteiger partial charge is 0.397 e. The number of nitrogens with zero attached hydrogens (tertiary/aromatic N) is 3. The van der Waals surface area contributed by atoms with E-state index in [-0.39, 0.29) is 12.4 Å². The van der Waals surface area contributed by atoms with E-state index in [0.717, 1.165) is 0 Å². The number of imidazole rings is 1. The van der Waals surface area contributed by atoms with Gasteiger partial charge < -0.3 is 4.74 Å². The first kappa shape index (κ1) is 12.3. The van der Waals surface area contributed by atoms with Crippen LogP contribution in [0.4, 0.5) is 5.82 Å². The standard InChI is InChI=1S/C10H9ClN4O3/c1-2-18-10(17)9(16)13-7-5-15-8(12-7)4-3-6(11)14-15/h3-5H,2H2,1H3,(H,13,16). The number of rotatable bonds is 2. The fourth-order valence-electron chi connectivity index (χ4n) is 1.28. The van der Waals surface area contributed by atoms with Gasteiger partial charge in [-0.15, -0.1) is 0 Å². The second-order valence-electron chi connectivity index (χ2n) is 3.26. The first-order valence-corrected chi connectivity index (χ1v) is 5.48. The average Bonchev–Trinajstić information content (AvgIpc) is 2.70. The fourth-order valence-corrected chi connectivity index (χ4v) is 1.43. The van der Waals surface area contributed by atoms with Gasteiger partial charge in [-0.05, 0) is 19.1 Å². The molecule has 0 saturated heterocycles. The van der Waals surface area contributed by atoms with Crippen LogP contribution in [0, 0.1) is 0 Å². The Morgan fingerprint density at radius 3 is 3.00 bits per heavy atom. The fraction of sp³-hybridized carbons (Fsp3) is 0.200. The van der Waals surface area contributed by atoms with Gasteiger partial charge in [0.05, 0.1) is 12.8 Å². The summed E-state index contributed by atoms with van der Waals surface area (Å²) in [4.78, 5) is 26.5. The predicted octanol–water partition coefficient (Wildman–Crippen LogP) is 0.884. The van der Waals surface area contributed by atoms with E-state index in [0.29, 0.717) is 10.8 Å². The van der Waals surface area contributed by atoms with Crippen molar-refractivity contribution in [2.24, 2.45) is 0 Å². The molecule has 0 aliphatic rings. The molecule has 2 rings (SSSR count). The topological polar surface area (TPSA) is 85.6 Å². The Balaban J connectivity index is 2.17. The van der Waals surface area contributed by atoms with E-state index < -0.39 is 11.9 Å². The van der Waals surface area contributed by atoms with Gasteiger partial charge in [-0.1, -0.05) is 11.6 Å². The van der Waals surface area contributed by atoms with Gasteiger partial charge in [-0.25, -0.2) is 14.3 Å². The second kappa shape index (κ2) is 5.01. The summed E-state index contributed by atoms with van der Waals surface area (Å²) < 4.78 is 5.94.